The maximum Gasteiger partial charge on any atom is 0.255 e. The van der Waals surface area contributed by atoms with Crippen LogP contribution in [0.15, 0.2) is 30.5 Å². The van der Waals surface area contributed by atoms with Gasteiger partial charge in [-0.1, -0.05) is 0 Å². The lowest BCUT2D eigenvalue weighted by molar-refractivity contribution is 0.0302. The van der Waals surface area contributed by atoms with Crippen LogP contribution in [-0.4, -0.2) is 46.7 Å². The van der Waals surface area contributed by atoms with Gasteiger partial charge in [0.1, 0.15) is 5.82 Å². The molecule has 2 aromatic rings. The number of aromatic nitrogens is 2. The Hall–Kier alpha value is -2.14. The molecule has 0 aliphatic carbocycles. The number of morpholine rings is 1. The van der Waals surface area contributed by atoms with E-state index in [1.54, 1.807) is 6.20 Å². The van der Waals surface area contributed by atoms with Gasteiger partial charge in [-0.25, -0.2) is 4.98 Å². The summed E-state index contributed by atoms with van der Waals surface area (Å²) in [7, 11) is 0. The highest BCUT2D eigenvalue weighted by Crippen LogP contribution is 2.15. The van der Waals surface area contributed by atoms with Gasteiger partial charge in [-0.15, -0.1) is 0 Å². The van der Waals surface area contributed by atoms with E-state index in [4.69, 9.17) is 4.74 Å². The Morgan fingerprint density at radius 1 is 1.10 bits per heavy atom. The molecule has 110 valence electrons. The fraction of sp³-hybridized carbons (Fsp3) is 0.375. The predicted molar refractivity (Wildman–Crippen MR) is 79.8 cm³/mol. The van der Waals surface area contributed by atoms with E-state index in [2.05, 4.69) is 21.7 Å². The van der Waals surface area contributed by atoms with Gasteiger partial charge in [0.2, 0.25) is 0 Å². The first kappa shape index (κ1) is 13.8. The number of hydrogen-bond acceptors (Lipinski definition) is 3. The van der Waals surface area contributed by atoms with Crippen molar-refractivity contribution in [1.29, 1.82) is 0 Å². The molecular formula is C16H19N3O2. The SMILES string of the molecule is Cc1ccc(C)n1-c1ccc(C(=O)N2CCOCC2)cn1. The highest BCUT2D eigenvalue weighted by Gasteiger charge is 2.18. The molecule has 0 spiro atoms. The molecular weight excluding hydrogens is 266 g/mol. The third-order valence-electron chi connectivity index (χ3n) is 3.79. The van der Waals surface area contributed by atoms with E-state index in [0.717, 1.165) is 17.2 Å². The van der Waals surface area contributed by atoms with Gasteiger partial charge in [0.15, 0.2) is 0 Å². The molecule has 5 heteroatoms. The number of nitrogens with zero attached hydrogens (tertiary/aromatic N) is 3. The minimum absolute atomic E-state index is 0.0262. The smallest absolute Gasteiger partial charge is 0.255 e. The van der Waals surface area contributed by atoms with Crippen LogP contribution in [0.5, 0.6) is 0 Å². The summed E-state index contributed by atoms with van der Waals surface area (Å²) in [6.45, 7) is 6.60. The van der Waals surface area contributed by atoms with Crippen molar-refractivity contribution < 1.29 is 9.53 Å². The molecule has 2 aromatic heterocycles. The van der Waals surface area contributed by atoms with E-state index in [1.165, 1.54) is 0 Å². The number of ether oxygens (including phenoxy) is 1. The van der Waals surface area contributed by atoms with Crippen LogP contribution < -0.4 is 0 Å². The van der Waals surface area contributed by atoms with Crippen LogP contribution >= 0.6 is 0 Å². The van der Waals surface area contributed by atoms with Crippen molar-refractivity contribution in [1.82, 2.24) is 14.5 Å². The van der Waals surface area contributed by atoms with Gasteiger partial charge in [0, 0.05) is 30.7 Å². The lowest BCUT2D eigenvalue weighted by atomic mass is 10.2. The monoisotopic (exact) mass is 285 g/mol. The summed E-state index contributed by atoms with van der Waals surface area (Å²) < 4.78 is 7.34. The molecule has 0 bridgehead atoms. The van der Waals surface area contributed by atoms with Crippen molar-refractivity contribution >= 4 is 5.91 Å². The summed E-state index contributed by atoms with van der Waals surface area (Å²) in [4.78, 5) is 18.6. The molecule has 1 aliphatic heterocycles. The molecule has 5 nitrogen and oxygen atoms in total. The summed E-state index contributed by atoms with van der Waals surface area (Å²) >= 11 is 0. The second-order valence-corrected chi connectivity index (χ2v) is 5.26. The number of amides is 1. The normalized spacial score (nSPS) is 15.2. The number of carbonyl (C=O) groups excluding carboxylic acids is 1. The Bertz CT molecular complexity index is 621. The second-order valence-electron chi connectivity index (χ2n) is 5.26. The van der Waals surface area contributed by atoms with E-state index in [0.29, 0.717) is 31.9 Å². The van der Waals surface area contributed by atoms with Gasteiger partial charge in [-0.2, -0.15) is 0 Å². The molecule has 0 atom stereocenters. The third-order valence-corrected chi connectivity index (χ3v) is 3.79. The molecule has 3 heterocycles. The molecule has 1 saturated heterocycles. The molecule has 0 aromatic carbocycles. The first-order valence-electron chi connectivity index (χ1n) is 7.15. The summed E-state index contributed by atoms with van der Waals surface area (Å²) in [6, 6.07) is 7.86. The topological polar surface area (TPSA) is 47.4 Å². The number of pyridine rings is 1. The van der Waals surface area contributed by atoms with Crippen LogP contribution in [0, 0.1) is 13.8 Å². The summed E-state index contributed by atoms with van der Waals surface area (Å²) in [5, 5.41) is 0. The quantitative estimate of drug-likeness (QED) is 0.847. The van der Waals surface area contributed by atoms with Crippen molar-refractivity contribution in [2.45, 2.75) is 13.8 Å². The van der Waals surface area contributed by atoms with Gasteiger partial charge in [0.25, 0.3) is 5.91 Å². The molecule has 0 radical (unpaired) electrons. The Kier molecular flexibility index (Phi) is 3.75. The first-order chi connectivity index (χ1) is 10.2. The number of carbonyl (C=O) groups is 1. The van der Waals surface area contributed by atoms with Crippen molar-refractivity contribution in [2.75, 3.05) is 26.3 Å². The average Bonchev–Trinajstić information content (AvgIpc) is 2.87. The minimum atomic E-state index is 0.0262. The second kappa shape index (κ2) is 5.69. The summed E-state index contributed by atoms with van der Waals surface area (Å²) in [6.07, 6.45) is 1.66. The van der Waals surface area contributed by atoms with Gasteiger partial charge in [-0.3, -0.25) is 4.79 Å². The zero-order valence-electron chi connectivity index (χ0n) is 12.4. The van der Waals surface area contributed by atoms with Crippen LogP contribution in [0.3, 0.4) is 0 Å². The van der Waals surface area contributed by atoms with Crippen LogP contribution in [0.4, 0.5) is 0 Å². The Morgan fingerprint density at radius 3 is 2.33 bits per heavy atom. The largest absolute Gasteiger partial charge is 0.378 e. The highest BCUT2D eigenvalue weighted by atomic mass is 16.5. The van der Waals surface area contributed by atoms with Gasteiger partial charge < -0.3 is 14.2 Å². The average molecular weight is 285 g/mol. The fourth-order valence-electron chi connectivity index (χ4n) is 2.62. The minimum Gasteiger partial charge on any atom is -0.378 e. The van der Waals surface area contributed by atoms with E-state index in [9.17, 15) is 4.79 Å². The Labute approximate surface area is 124 Å². The van der Waals surface area contributed by atoms with Crippen LogP contribution in [0.25, 0.3) is 5.82 Å². The number of rotatable bonds is 2. The Morgan fingerprint density at radius 2 is 1.76 bits per heavy atom. The number of aryl methyl sites for hydroxylation is 2. The zero-order chi connectivity index (χ0) is 14.8. The fourth-order valence-corrected chi connectivity index (χ4v) is 2.62. The maximum atomic E-state index is 12.4. The molecule has 21 heavy (non-hydrogen) atoms. The van der Waals surface area contributed by atoms with E-state index in [1.807, 2.05) is 30.9 Å². The van der Waals surface area contributed by atoms with E-state index >= 15 is 0 Å². The van der Waals surface area contributed by atoms with Crippen LogP contribution in [0.2, 0.25) is 0 Å². The van der Waals surface area contributed by atoms with Crippen LogP contribution in [-0.2, 0) is 4.74 Å². The van der Waals surface area contributed by atoms with E-state index in [-0.39, 0.29) is 5.91 Å². The van der Waals surface area contributed by atoms with Crippen molar-refractivity contribution in [3.8, 4) is 5.82 Å². The van der Waals surface area contributed by atoms with E-state index < -0.39 is 0 Å². The molecule has 1 fully saturated rings. The van der Waals surface area contributed by atoms with Crippen LogP contribution in [0.1, 0.15) is 21.7 Å². The maximum absolute atomic E-state index is 12.4. The molecule has 1 aliphatic rings. The van der Waals surface area contributed by atoms with Crippen molar-refractivity contribution in [3.05, 3.63) is 47.4 Å². The lowest BCUT2D eigenvalue weighted by Crippen LogP contribution is -2.40. The molecule has 0 saturated carbocycles. The lowest BCUT2D eigenvalue weighted by Gasteiger charge is -2.26. The highest BCUT2D eigenvalue weighted by molar-refractivity contribution is 5.94. The molecule has 3 rings (SSSR count). The van der Waals surface area contributed by atoms with Crippen molar-refractivity contribution in [2.24, 2.45) is 0 Å². The molecule has 0 unspecified atom stereocenters. The van der Waals surface area contributed by atoms with Gasteiger partial charge in [0.05, 0.1) is 18.8 Å². The van der Waals surface area contributed by atoms with Gasteiger partial charge in [-0.05, 0) is 38.1 Å². The summed E-state index contributed by atoms with van der Waals surface area (Å²) in [5.74, 6) is 0.867. The summed E-state index contributed by atoms with van der Waals surface area (Å²) in [5.41, 5.74) is 2.89. The Balaban J connectivity index is 1.82. The third kappa shape index (κ3) is 2.69. The van der Waals surface area contributed by atoms with Crippen molar-refractivity contribution in [3.63, 3.8) is 0 Å². The number of hydrogen-bond donors (Lipinski definition) is 0. The zero-order valence-corrected chi connectivity index (χ0v) is 12.4. The first-order valence-corrected chi connectivity index (χ1v) is 7.15. The van der Waals surface area contributed by atoms with Gasteiger partial charge >= 0.3 is 0 Å². The standard InChI is InChI=1S/C16H19N3O2/c1-12-3-4-13(2)19(12)15-6-5-14(11-17-15)16(20)18-7-9-21-10-8-18/h3-6,11H,7-10H2,1-2H3. The molecule has 0 N–H and O–H groups in total. The molecule has 1 amide bonds. The predicted octanol–water partition coefficient (Wildman–Crippen LogP) is 1.96.